The van der Waals surface area contributed by atoms with Gasteiger partial charge in [-0.25, -0.2) is 0 Å². The van der Waals surface area contributed by atoms with Gasteiger partial charge in [0.1, 0.15) is 0 Å². The van der Waals surface area contributed by atoms with Gasteiger partial charge in [-0.1, -0.05) is 176 Å². The molecule has 2 nitrogen and oxygen atoms in total. The van der Waals surface area contributed by atoms with Crippen LogP contribution in [0.25, 0.3) is 82.4 Å². The highest BCUT2D eigenvalue weighted by molar-refractivity contribution is 6.26. The van der Waals surface area contributed by atoms with Gasteiger partial charge in [-0.15, -0.1) is 0 Å². The lowest BCUT2D eigenvalue weighted by Crippen LogP contribution is -2.10. The van der Waals surface area contributed by atoms with E-state index in [2.05, 4.69) is 240 Å². The van der Waals surface area contributed by atoms with Crippen LogP contribution in [0.3, 0.4) is 0 Å². The molecule has 0 aliphatic rings. The lowest BCUT2D eigenvalue weighted by atomic mass is 9.93. The summed E-state index contributed by atoms with van der Waals surface area (Å²) in [7, 11) is 0. The van der Waals surface area contributed by atoms with Gasteiger partial charge in [0.25, 0.3) is 0 Å². The molecule has 0 radical (unpaired) electrons. The van der Waals surface area contributed by atoms with E-state index in [1.165, 1.54) is 76.7 Å². The second-order valence-electron chi connectivity index (χ2n) is 14.9. The molecule has 0 N–H and O–H groups in total. The summed E-state index contributed by atoms with van der Waals surface area (Å²) in [4.78, 5) is 2.38. The fourth-order valence-corrected chi connectivity index (χ4v) is 8.90. The van der Waals surface area contributed by atoms with Crippen molar-refractivity contribution in [3.63, 3.8) is 0 Å². The third kappa shape index (κ3) is 5.74. The molecule has 0 unspecified atom stereocenters. The molecule has 0 fully saturated rings. The monoisotopic (exact) mass is 738 g/mol. The molecule has 0 atom stereocenters. The average Bonchev–Trinajstić information content (AvgIpc) is 3.65. The van der Waals surface area contributed by atoms with Crippen LogP contribution in [0.5, 0.6) is 0 Å². The van der Waals surface area contributed by atoms with Crippen molar-refractivity contribution in [1.29, 1.82) is 0 Å². The molecule has 58 heavy (non-hydrogen) atoms. The Bertz CT molecular complexity index is 3260. The summed E-state index contributed by atoms with van der Waals surface area (Å²) in [5.74, 6) is 0. The minimum absolute atomic E-state index is 1.08. The molecule has 0 bridgehead atoms. The Labute approximate surface area is 338 Å². The molecule has 1 aromatic heterocycles. The highest BCUT2D eigenvalue weighted by atomic mass is 15.1. The Morgan fingerprint density at radius 2 is 0.828 bits per heavy atom. The van der Waals surface area contributed by atoms with E-state index < -0.39 is 0 Å². The highest BCUT2D eigenvalue weighted by Gasteiger charge is 2.21. The molecule has 11 aromatic rings. The third-order valence-corrected chi connectivity index (χ3v) is 11.6. The third-order valence-electron chi connectivity index (χ3n) is 11.6. The van der Waals surface area contributed by atoms with Crippen LogP contribution in [-0.4, -0.2) is 4.57 Å². The van der Waals surface area contributed by atoms with Crippen LogP contribution in [0.15, 0.2) is 231 Å². The predicted molar refractivity (Wildman–Crippen MR) is 247 cm³/mol. The smallest absolute Gasteiger partial charge is 0.0547 e. The normalized spacial score (nSPS) is 11.4. The second-order valence-corrected chi connectivity index (χ2v) is 14.9. The number of fused-ring (bicyclic) bond motifs is 6. The standard InChI is InChI=1S/C56H38N2/c1-3-15-39(16-4-1)41-31-34-45(35-32-41)57(46-23-11-22-44(37-46)40-17-5-2-6-18-40)47-24-13-25-48(38-47)58-53-30-14-29-52(51-28-12-21-42-19-7-9-26-49(42)51)56(53)55-50-27-10-8-20-43(50)33-36-54(55)58/h1-38H. The van der Waals surface area contributed by atoms with Gasteiger partial charge in [-0.05, 0) is 110 Å². The molecule has 0 spiro atoms. The lowest BCUT2D eigenvalue weighted by Gasteiger charge is -2.27. The Morgan fingerprint density at radius 1 is 0.293 bits per heavy atom. The molecule has 0 saturated carbocycles. The summed E-state index contributed by atoms with van der Waals surface area (Å²) < 4.78 is 2.46. The fourth-order valence-electron chi connectivity index (χ4n) is 8.90. The molecule has 2 heteroatoms. The zero-order valence-corrected chi connectivity index (χ0v) is 31.8. The van der Waals surface area contributed by atoms with Crippen LogP contribution in [0.1, 0.15) is 0 Å². The van der Waals surface area contributed by atoms with Crippen molar-refractivity contribution in [2.24, 2.45) is 0 Å². The largest absolute Gasteiger partial charge is 0.310 e. The predicted octanol–water partition coefficient (Wildman–Crippen LogP) is 15.6. The summed E-state index contributed by atoms with van der Waals surface area (Å²) in [6.07, 6.45) is 0. The highest BCUT2D eigenvalue weighted by Crippen LogP contribution is 2.44. The Balaban J connectivity index is 1.14. The molecule has 272 valence electrons. The molecule has 0 aliphatic heterocycles. The number of benzene rings is 10. The van der Waals surface area contributed by atoms with Crippen molar-refractivity contribution in [2.75, 3.05) is 4.90 Å². The maximum Gasteiger partial charge on any atom is 0.0547 e. The SMILES string of the molecule is c1ccc(-c2ccc(N(c3cccc(-c4ccccc4)c3)c3cccc(-n4c5cccc(-c6cccc7ccccc67)c5c5c6ccccc6ccc54)c3)cc2)cc1. The van der Waals surface area contributed by atoms with E-state index in [0.717, 1.165) is 22.7 Å². The molecule has 0 saturated heterocycles. The van der Waals surface area contributed by atoms with E-state index >= 15 is 0 Å². The number of hydrogen-bond acceptors (Lipinski definition) is 1. The quantitative estimate of drug-likeness (QED) is 0.158. The summed E-state index contributed by atoms with van der Waals surface area (Å²) in [6, 6.07) is 83.6. The molecule has 1 heterocycles. The van der Waals surface area contributed by atoms with Gasteiger partial charge in [0.2, 0.25) is 0 Å². The number of anilines is 3. The lowest BCUT2D eigenvalue weighted by molar-refractivity contribution is 1.17. The topological polar surface area (TPSA) is 8.17 Å². The van der Waals surface area contributed by atoms with Gasteiger partial charge < -0.3 is 9.47 Å². The first-order valence-corrected chi connectivity index (χ1v) is 19.9. The van der Waals surface area contributed by atoms with Gasteiger partial charge >= 0.3 is 0 Å². The van der Waals surface area contributed by atoms with Gasteiger partial charge in [-0.3, -0.25) is 0 Å². The van der Waals surface area contributed by atoms with Gasteiger partial charge in [-0.2, -0.15) is 0 Å². The van der Waals surface area contributed by atoms with Crippen molar-refractivity contribution >= 4 is 60.4 Å². The number of nitrogens with zero attached hydrogens (tertiary/aromatic N) is 2. The first-order valence-electron chi connectivity index (χ1n) is 19.9. The van der Waals surface area contributed by atoms with Gasteiger partial charge in [0.05, 0.1) is 11.0 Å². The van der Waals surface area contributed by atoms with Crippen LogP contribution in [0, 0.1) is 0 Å². The summed E-state index contributed by atoms with van der Waals surface area (Å²) >= 11 is 0. The van der Waals surface area contributed by atoms with Crippen molar-refractivity contribution in [2.45, 2.75) is 0 Å². The van der Waals surface area contributed by atoms with Gasteiger partial charge in [0.15, 0.2) is 0 Å². The van der Waals surface area contributed by atoms with Crippen LogP contribution in [0.4, 0.5) is 17.1 Å². The summed E-state index contributed by atoms with van der Waals surface area (Å²) in [5.41, 5.74) is 14.0. The van der Waals surface area contributed by atoms with Crippen LogP contribution >= 0.6 is 0 Å². The zero-order chi connectivity index (χ0) is 38.4. The summed E-state index contributed by atoms with van der Waals surface area (Å²) in [5, 5.41) is 7.52. The van der Waals surface area contributed by atoms with E-state index in [-0.39, 0.29) is 0 Å². The molecule has 0 aliphatic carbocycles. The van der Waals surface area contributed by atoms with E-state index in [1.807, 2.05) is 0 Å². The fraction of sp³-hybridized carbons (Fsp3) is 0. The molecular formula is C56H38N2. The van der Waals surface area contributed by atoms with Crippen molar-refractivity contribution in [3.8, 4) is 39.1 Å². The van der Waals surface area contributed by atoms with E-state index in [4.69, 9.17) is 0 Å². The first kappa shape index (κ1) is 33.6. The average molecular weight is 739 g/mol. The van der Waals surface area contributed by atoms with Crippen molar-refractivity contribution in [3.05, 3.63) is 231 Å². The van der Waals surface area contributed by atoms with E-state index in [9.17, 15) is 0 Å². The molecule has 11 rings (SSSR count). The Kier molecular flexibility index (Phi) is 8.19. The van der Waals surface area contributed by atoms with E-state index in [1.54, 1.807) is 0 Å². The number of aromatic nitrogens is 1. The Hall–Kier alpha value is -7.68. The van der Waals surface area contributed by atoms with Crippen LogP contribution in [0.2, 0.25) is 0 Å². The minimum Gasteiger partial charge on any atom is -0.310 e. The van der Waals surface area contributed by atoms with Crippen LogP contribution in [-0.2, 0) is 0 Å². The summed E-state index contributed by atoms with van der Waals surface area (Å²) in [6.45, 7) is 0. The zero-order valence-electron chi connectivity index (χ0n) is 31.8. The molecule has 10 aromatic carbocycles. The van der Waals surface area contributed by atoms with Crippen molar-refractivity contribution in [1.82, 2.24) is 4.57 Å². The maximum absolute atomic E-state index is 2.46. The maximum atomic E-state index is 2.46. The molecular weight excluding hydrogens is 701 g/mol. The molecule has 0 amide bonds. The first-order chi connectivity index (χ1) is 28.8. The van der Waals surface area contributed by atoms with Crippen molar-refractivity contribution < 1.29 is 0 Å². The van der Waals surface area contributed by atoms with Gasteiger partial charge in [0, 0.05) is 33.5 Å². The number of hydrogen-bond donors (Lipinski definition) is 0. The Morgan fingerprint density at radius 3 is 1.60 bits per heavy atom. The van der Waals surface area contributed by atoms with Crippen LogP contribution < -0.4 is 4.90 Å². The van der Waals surface area contributed by atoms with E-state index in [0.29, 0.717) is 0 Å². The minimum atomic E-state index is 1.08. The number of rotatable bonds is 7. The second kappa shape index (κ2) is 14.1.